The second-order valence-electron chi connectivity index (χ2n) is 7.24. The third-order valence-corrected chi connectivity index (χ3v) is 5.46. The molecule has 33 heavy (non-hydrogen) atoms. The van der Waals surface area contributed by atoms with Crippen molar-refractivity contribution in [1.82, 2.24) is 9.78 Å². The molecule has 0 spiro atoms. The standard InChI is InChI=1S/C24H17BrF3N3O2/c25-19-2-1-3-20(12-19)29-13-17-14-31(21-10-6-16(7-11-21)23(32)33)30-22(17)15-4-8-18(9-5-15)24(26,27)28/h1-12,14,29H,13H2,(H,32,33). The maximum Gasteiger partial charge on any atom is 0.416 e. The van der Waals surface area contributed by atoms with E-state index in [-0.39, 0.29) is 5.56 Å². The van der Waals surface area contributed by atoms with Gasteiger partial charge in [-0.15, -0.1) is 0 Å². The molecule has 0 radical (unpaired) electrons. The molecule has 0 saturated carbocycles. The van der Waals surface area contributed by atoms with Gasteiger partial charge in [-0.3, -0.25) is 0 Å². The van der Waals surface area contributed by atoms with Crippen molar-refractivity contribution < 1.29 is 23.1 Å². The molecular weight excluding hydrogens is 499 g/mol. The van der Waals surface area contributed by atoms with Gasteiger partial charge in [-0.2, -0.15) is 18.3 Å². The minimum atomic E-state index is -4.42. The van der Waals surface area contributed by atoms with Gasteiger partial charge in [0.1, 0.15) is 0 Å². The molecule has 1 heterocycles. The quantitative estimate of drug-likeness (QED) is 0.302. The lowest BCUT2D eigenvalue weighted by Gasteiger charge is -2.09. The molecule has 0 unspecified atom stereocenters. The van der Waals surface area contributed by atoms with Crippen LogP contribution in [0.15, 0.2) is 83.5 Å². The molecule has 4 aromatic rings. The molecular formula is C24H17BrF3N3O2. The van der Waals surface area contributed by atoms with E-state index in [4.69, 9.17) is 5.11 Å². The second kappa shape index (κ2) is 9.11. The fourth-order valence-corrected chi connectivity index (χ4v) is 3.68. The van der Waals surface area contributed by atoms with Crippen molar-refractivity contribution in [2.45, 2.75) is 12.7 Å². The number of alkyl halides is 3. The minimum Gasteiger partial charge on any atom is -0.478 e. The van der Waals surface area contributed by atoms with Crippen molar-refractivity contribution in [2.24, 2.45) is 0 Å². The van der Waals surface area contributed by atoms with Crippen LogP contribution in [0.4, 0.5) is 18.9 Å². The zero-order valence-corrected chi connectivity index (χ0v) is 18.6. The summed E-state index contributed by atoms with van der Waals surface area (Å²) < 4.78 is 41.4. The summed E-state index contributed by atoms with van der Waals surface area (Å²) in [5, 5.41) is 17.0. The number of carboxylic acid groups (broad SMARTS) is 1. The number of aromatic nitrogens is 2. The highest BCUT2D eigenvalue weighted by Crippen LogP contribution is 2.32. The molecule has 0 amide bonds. The predicted octanol–water partition coefficient (Wildman–Crippen LogP) is 6.63. The first-order chi connectivity index (χ1) is 15.7. The van der Waals surface area contributed by atoms with E-state index < -0.39 is 17.7 Å². The van der Waals surface area contributed by atoms with Crippen molar-refractivity contribution in [1.29, 1.82) is 0 Å². The number of carbonyl (C=O) groups is 1. The van der Waals surface area contributed by atoms with Gasteiger partial charge in [0.25, 0.3) is 0 Å². The molecule has 2 N–H and O–H groups in total. The Hall–Kier alpha value is -3.59. The van der Waals surface area contributed by atoms with Crippen LogP contribution in [0.25, 0.3) is 16.9 Å². The van der Waals surface area contributed by atoms with Gasteiger partial charge in [0.05, 0.1) is 22.5 Å². The van der Waals surface area contributed by atoms with Crippen LogP contribution in [0.1, 0.15) is 21.5 Å². The number of anilines is 1. The number of nitrogens with one attached hydrogen (secondary N) is 1. The predicted molar refractivity (Wildman–Crippen MR) is 122 cm³/mol. The van der Waals surface area contributed by atoms with Crippen LogP contribution in [0.3, 0.4) is 0 Å². The smallest absolute Gasteiger partial charge is 0.416 e. The number of rotatable bonds is 6. The van der Waals surface area contributed by atoms with E-state index in [9.17, 15) is 18.0 Å². The molecule has 9 heteroatoms. The molecule has 168 valence electrons. The number of hydrogen-bond acceptors (Lipinski definition) is 3. The van der Waals surface area contributed by atoms with Crippen molar-refractivity contribution in [3.8, 4) is 16.9 Å². The molecule has 1 aromatic heterocycles. The summed E-state index contributed by atoms with van der Waals surface area (Å²) in [6.45, 7) is 0.375. The van der Waals surface area contributed by atoms with Crippen LogP contribution in [-0.2, 0) is 12.7 Å². The highest BCUT2D eigenvalue weighted by molar-refractivity contribution is 9.10. The zero-order chi connectivity index (χ0) is 23.6. The van der Waals surface area contributed by atoms with E-state index in [0.29, 0.717) is 23.5 Å². The van der Waals surface area contributed by atoms with Gasteiger partial charge in [-0.1, -0.05) is 34.1 Å². The van der Waals surface area contributed by atoms with E-state index in [1.54, 1.807) is 23.0 Å². The summed E-state index contributed by atoms with van der Waals surface area (Å²) in [5.41, 5.74) is 2.72. The number of benzene rings is 3. The Kier molecular flexibility index (Phi) is 6.24. The zero-order valence-electron chi connectivity index (χ0n) is 17.0. The van der Waals surface area contributed by atoms with E-state index in [1.165, 1.54) is 24.3 Å². The SMILES string of the molecule is O=C(O)c1ccc(-n2cc(CNc3cccc(Br)c3)c(-c3ccc(C(F)(F)F)cc3)n2)cc1. The first-order valence-electron chi connectivity index (χ1n) is 9.80. The summed E-state index contributed by atoms with van der Waals surface area (Å²) in [7, 11) is 0. The Bertz CT molecular complexity index is 1280. The monoisotopic (exact) mass is 515 g/mol. The van der Waals surface area contributed by atoms with Crippen molar-refractivity contribution >= 4 is 27.6 Å². The molecule has 0 saturated heterocycles. The summed E-state index contributed by atoms with van der Waals surface area (Å²) >= 11 is 3.42. The van der Waals surface area contributed by atoms with Crippen LogP contribution < -0.4 is 5.32 Å². The van der Waals surface area contributed by atoms with Gasteiger partial charge in [0.2, 0.25) is 0 Å². The van der Waals surface area contributed by atoms with Crippen LogP contribution in [0.5, 0.6) is 0 Å². The van der Waals surface area contributed by atoms with Crippen LogP contribution in [-0.4, -0.2) is 20.9 Å². The Morgan fingerprint density at radius 2 is 1.73 bits per heavy atom. The third-order valence-electron chi connectivity index (χ3n) is 4.96. The van der Waals surface area contributed by atoms with Crippen molar-refractivity contribution in [3.05, 3.63) is 100 Å². The van der Waals surface area contributed by atoms with Gasteiger partial charge >= 0.3 is 12.1 Å². The Balaban J connectivity index is 1.70. The average Bonchev–Trinajstić information content (AvgIpc) is 3.21. The fraction of sp³-hybridized carbons (Fsp3) is 0.0833. The maximum absolute atomic E-state index is 13.0. The summed E-state index contributed by atoms with van der Waals surface area (Å²) in [5.74, 6) is -1.04. The van der Waals surface area contributed by atoms with Crippen LogP contribution >= 0.6 is 15.9 Å². The molecule has 0 fully saturated rings. The number of carboxylic acids is 1. The lowest BCUT2D eigenvalue weighted by atomic mass is 10.1. The maximum atomic E-state index is 13.0. The largest absolute Gasteiger partial charge is 0.478 e. The topological polar surface area (TPSA) is 67.2 Å². The number of hydrogen-bond donors (Lipinski definition) is 2. The Labute approximate surface area is 195 Å². The molecule has 0 aliphatic rings. The third kappa shape index (κ3) is 5.25. The Morgan fingerprint density at radius 1 is 1.03 bits per heavy atom. The highest BCUT2D eigenvalue weighted by Gasteiger charge is 2.30. The first kappa shape index (κ1) is 22.6. The molecule has 0 aliphatic heterocycles. The molecule has 0 bridgehead atoms. The van der Waals surface area contributed by atoms with Crippen molar-refractivity contribution in [2.75, 3.05) is 5.32 Å². The van der Waals surface area contributed by atoms with Gasteiger partial charge in [-0.25, -0.2) is 9.48 Å². The van der Waals surface area contributed by atoms with E-state index in [0.717, 1.165) is 27.9 Å². The van der Waals surface area contributed by atoms with Gasteiger partial charge in [-0.05, 0) is 54.6 Å². The summed E-state index contributed by atoms with van der Waals surface area (Å²) in [6.07, 6.45) is -2.65. The lowest BCUT2D eigenvalue weighted by Crippen LogP contribution is -2.04. The van der Waals surface area contributed by atoms with Gasteiger partial charge < -0.3 is 10.4 Å². The highest BCUT2D eigenvalue weighted by atomic mass is 79.9. The summed E-state index contributed by atoms with van der Waals surface area (Å²) in [4.78, 5) is 11.1. The Morgan fingerprint density at radius 3 is 2.33 bits per heavy atom. The first-order valence-corrected chi connectivity index (χ1v) is 10.6. The summed E-state index contributed by atoms with van der Waals surface area (Å²) in [6, 6.07) is 18.6. The molecule has 4 rings (SSSR count). The second-order valence-corrected chi connectivity index (χ2v) is 8.15. The molecule has 0 aliphatic carbocycles. The van der Waals surface area contributed by atoms with Gasteiger partial charge in [0.15, 0.2) is 0 Å². The number of halogens is 4. The molecule has 5 nitrogen and oxygen atoms in total. The normalized spacial score (nSPS) is 11.4. The average molecular weight is 516 g/mol. The van der Waals surface area contributed by atoms with E-state index in [1.807, 2.05) is 24.3 Å². The fourth-order valence-electron chi connectivity index (χ4n) is 3.28. The van der Waals surface area contributed by atoms with Gasteiger partial charge in [0, 0.05) is 34.0 Å². The number of aromatic carboxylic acids is 1. The molecule has 0 atom stereocenters. The lowest BCUT2D eigenvalue weighted by molar-refractivity contribution is -0.137. The minimum absolute atomic E-state index is 0.144. The number of nitrogens with zero attached hydrogens (tertiary/aromatic N) is 2. The van der Waals surface area contributed by atoms with Crippen LogP contribution in [0, 0.1) is 0 Å². The van der Waals surface area contributed by atoms with E-state index >= 15 is 0 Å². The van der Waals surface area contributed by atoms with Crippen molar-refractivity contribution in [3.63, 3.8) is 0 Å². The van der Waals surface area contributed by atoms with Crippen LogP contribution in [0.2, 0.25) is 0 Å². The van der Waals surface area contributed by atoms with E-state index in [2.05, 4.69) is 26.3 Å². The molecule has 3 aromatic carbocycles.